The van der Waals surface area contributed by atoms with Gasteiger partial charge in [0.15, 0.2) is 0 Å². The highest BCUT2D eigenvalue weighted by atomic mass is 16.5. The van der Waals surface area contributed by atoms with Crippen LogP contribution >= 0.6 is 0 Å². The molecule has 120 valence electrons. The summed E-state index contributed by atoms with van der Waals surface area (Å²) in [7, 11) is 0. The number of nitrogens with zero attached hydrogens (tertiary/aromatic N) is 2. The molecule has 0 aromatic carbocycles. The van der Waals surface area contributed by atoms with Crippen LogP contribution in [0.1, 0.15) is 16.9 Å². The Kier molecular flexibility index (Phi) is 3.12. The molecule has 2 fully saturated rings. The van der Waals surface area contributed by atoms with Crippen LogP contribution in [0.15, 0.2) is 29.0 Å². The van der Waals surface area contributed by atoms with Crippen LogP contribution in [-0.4, -0.2) is 48.0 Å². The molecule has 23 heavy (non-hydrogen) atoms. The molecule has 2 saturated heterocycles. The SMILES string of the molecule is NC(=O)[C@]12CCOC[C@H]1CN(C(=O)c1nccc3occc13)C2. The van der Waals surface area contributed by atoms with E-state index in [4.69, 9.17) is 14.9 Å². The van der Waals surface area contributed by atoms with E-state index in [0.29, 0.717) is 49.4 Å². The van der Waals surface area contributed by atoms with Crippen molar-refractivity contribution in [3.8, 4) is 0 Å². The van der Waals surface area contributed by atoms with Crippen LogP contribution in [0.2, 0.25) is 0 Å². The first-order chi connectivity index (χ1) is 11.1. The van der Waals surface area contributed by atoms with Crippen molar-refractivity contribution in [1.82, 2.24) is 9.88 Å². The number of rotatable bonds is 2. The fourth-order valence-electron chi connectivity index (χ4n) is 3.72. The summed E-state index contributed by atoms with van der Waals surface area (Å²) in [5.74, 6) is -0.608. The van der Waals surface area contributed by atoms with Crippen molar-refractivity contribution in [3.05, 3.63) is 30.3 Å². The van der Waals surface area contributed by atoms with Gasteiger partial charge in [-0.15, -0.1) is 0 Å². The molecule has 4 rings (SSSR count). The first-order valence-corrected chi connectivity index (χ1v) is 7.61. The number of hydrogen-bond acceptors (Lipinski definition) is 5. The molecular weight excluding hydrogens is 298 g/mol. The number of pyridine rings is 1. The van der Waals surface area contributed by atoms with Gasteiger partial charge >= 0.3 is 0 Å². The van der Waals surface area contributed by atoms with E-state index in [2.05, 4.69) is 4.98 Å². The summed E-state index contributed by atoms with van der Waals surface area (Å²) in [5.41, 5.74) is 5.93. The molecule has 7 nitrogen and oxygen atoms in total. The minimum absolute atomic E-state index is 0.0544. The summed E-state index contributed by atoms with van der Waals surface area (Å²) in [5, 5.41) is 0.678. The van der Waals surface area contributed by atoms with Crippen molar-refractivity contribution in [2.75, 3.05) is 26.3 Å². The number of fused-ring (bicyclic) bond motifs is 2. The minimum atomic E-state index is -0.682. The largest absolute Gasteiger partial charge is 0.464 e. The maximum absolute atomic E-state index is 12.9. The number of primary amides is 1. The van der Waals surface area contributed by atoms with Crippen LogP contribution in [0.4, 0.5) is 0 Å². The number of carbonyl (C=O) groups is 2. The van der Waals surface area contributed by atoms with Crippen molar-refractivity contribution >= 4 is 22.8 Å². The number of nitrogens with two attached hydrogens (primary N) is 1. The highest BCUT2D eigenvalue weighted by Gasteiger charge is 2.53. The van der Waals surface area contributed by atoms with Crippen LogP contribution in [0.3, 0.4) is 0 Å². The molecule has 0 bridgehead atoms. The third kappa shape index (κ3) is 2.03. The Morgan fingerprint density at radius 2 is 2.26 bits per heavy atom. The fourth-order valence-corrected chi connectivity index (χ4v) is 3.72. The van der Waals surface area contributed by atoms with Crippen molar-refractivity contribution in [1.29, 1.82) is 0 Å². The number of amides is 2. The molecule has 2 amide bonds. The Morgan fingerprint density at radius 3 is 3.04 bits per heavy atom. The van der Waals surface area contributed by atoms with Crippen LogP contribution < -0.4 is 5.73 Å². The van der Waals surface area contributed by atoms with E-state index in [9.17, 15) is 9.59 Å². The zero-order chi connectivity index (χ0) is 16.0. The van der Waals surface area contributed by atoms with Crippen molar-refractivity contribution < 1.29 is 18.7 Å². The molecule has 0 unspecified atom stereocenters. The third-order valence-electron chi connectivity index (χ3n) is 5.07. The molecule has 2 aromatic heterocycles. The number of likely N-dealkylation sites (tertiary alicyclic amines) is 1. The summed E-state index contributed by atoms with van der Waals surface area (Å²) in [6.45, 7) is 1.73. The lowest BCUT2D eigenvalue weighted by molar-refractivity contribution is -0.135. The number of furan rings is 1. The van der Waals surface area contributed by atoms with Gasteiger partial charge in [0.2, 0.25) is 5.91 Å². The Balaban J connectivity index is 1.68. The molecule has 2 N–H and O–H groups in total. The average Bonchev–Trinajstić information content (AvgIpc) is 3.18. The minimum Gasteiger partial charge on any atom is -0.464 e. The van der Waals surface area contributed by atoms with E-state index >= 15 is 0 Å². The molecule has 0 radical (unpaired) electrons. The Hall–Kier alpha value is -2.41. The Bertz CT molecular complexity index is 786. The maximum Gasteiger partial charge on any atom is 0.273 e. The van der Waals surface area contributed by atoms with Gasteiger partial charge in [-0.05, 0) is 18.6 Å². The summed E-state index contributed by atoms with van der Waals surface area (Å²) in [6.07, 6.45) is 3.64. The smallest absolute Gasteiger partial charge is 0.273 e. The van der Waals surface area contributed by atoms with E-state index in [-0.39, 0.29) is 17.7 Å². The normalized spacial score (nSPS) is 27.1. The molecule has 0 spiro atoms. The van der Waals surface area contributed by atoms with Gasteiger partial charge in [-0.3, -0.25) is 14.6 Å². The second-order valence-corrected chi connectivity index (χ2v) is 6.22. The van der Waals surface area contributed by atoms with Gasteiger partial charge in [0.1, 0.15) is 11.3 Å². The Morgan fingerprint density at radius 1 is 1.39 bits per heavy atom. The van der Waals surface area contributed by atoms with Gasteiger partial charge in [-0.1, -0.05) is 0 Å². The molecule has 2 aliphatic heterocycles. The first kappa shape index (κ1) is 14.2. The second kappa shape index (κ2) is 5.06. The average molecular weight is 315 g/mol. The summed E-state index contributed by atoms with van der Waals surface area (Å²) >= 11 is 0. The molecule has 0 saturated carbocycles. The molecule has 4 heterocycles. The van der Waals surface area contributed by atoms with E-state index in [1.807, 2.05) is 0 Å². The van der Waals surface area contributed by atoms with E-state index in [1.54, 1.807) is 23.2 Å². The van der Waals surface area contributed by atoms with E-state index in [1.165, 1.54) is 6.26 Å². The van der Waals surface area contributed by atoms with Gasteiger partial charge < -0.3 is 19.8 Å². The molecule has 2 aromatic rings. The van der Waals surface area contributed by atoms with E-state index in [0.717, 1.165) is 0 Å². The summed E-state index contributed by atoms with van der Waals surface area (Å²) < 4.78 is 10.8. The maximum atomic E-state index is 12.9. The number of aromatic nitrogens is 1. The summed E-state index contributed by atoms with van der Waals surface area (Å²) in [4.78, 5) is 30.8. The van der Waals surface area contributed by atoms with Gasteiger partial charge in [-0.2, -0.15) is 0 Å². The monoisotopic (exact) mass is 315 g/mol. The number of ether oxygens (including phenoxy) is 1. The fraction of sp³-hybridized carbons (Fsp3) is 0.438. The Labute approximate surface area is 132 Å². The highest BCUT2D eigenvalue weighted by Crippen LogP contribution is 2.42. The van der Waals surface area contributed by atoms with Gasteiger partial charge in [0.05, 0.1) is 23.7 Å². The second-order valence-electron chi connectivity index (χ2n) is 6.22. The topological polar surface area (TPSA) is 98.7 Å². The zero-order valence-electron chi connectivity index (χ0n) is 12.5. The predicted octanol–water partition coefficient (Wildman–Crippen LogP) is 0.792. The van der Waals surface area contributed by atoms with Crippen LogP contribution in [0.25, 0.3) is 11.0 Å². The van der Waals surface area contributed by atoms with E-state index < -0.39 is 5.41 Å². The lowest BCUT2D eigenvalue weighted by Crippen LogP contribution is -2.48. The lowest BCUT2D eigenvalue weighted by Gasteiger charge is -2.34. The zero-order valence-corrected chi connectivity index (χ0v) is 12.5. The third-order valence-corrected chi connectivity index (χ3v) is 5.07. The first-order valence-electron chi connectivity index (χ1n) is 7.61. The van der Waals surface area contributed by atoms with Gasteiger partial charge in [-0.25, -0.2) is 0 Å². The summed E-state index contributed by atoms with van der Waals surface area (Å²) in [6, 6.07) is 3.44. The standard InChI is InChI=1S/C16H17N3O4/c17-15(21)16-3-6-22-8-10(16)7-19(9-16)14(20)13-11-2-5-23-12(11)1-4-18-13/h1-2,4-5,10H,3,6-9H2,(H2,17,21)/t10-,16+/m1/s1. The molecule has 0 aliphatic carbocycles. The molecule has 2 atom stereocenters. The van der Waals surface area contributed by atoms with Crippen LogP contribution in [0.5, 0.6) is 0 Å². The van der Waals surface area contributed by atoms with Gasteiger partial charge in [0.25, 0.3) is 5.91 Å². The molecule has 2 aliphatic rings. The van der Waals surface area contributed by atoms with Crippen molar-refractivity contribution in [3.63, 3.8) is 0 Å². The quantitative estimate of drug-likeness (QED) is 0.883. The highest BCUT2D eigenvalue weighted by molar-refractivity contribution is 6.04. The van der Waals surface area contributed by atoms with Crippen LogP contribution in [0, 0.1) is 11.3 Å². The number of hydrogen-bond donors (Lipinski definition) is 1. The predicted molar refractivity (Wildman–Crippen MR) is 80.5 cm³/mol. The molecule has 7 heteroatoms. The van der Waals surface area contributed by atoms with Crippen molar-refractivity contribution in [2.45, 2.75) is 6.42 Å². The van der Waals surface area contributed by atoms with Crippen molar-refractivity contribution in [2.24, 2.45) is 17.1 Å². The van der Waals surface area contributed by atoms with Gasteiger partial charge in [0, 0.05) is 31.8 Å². The van der Waals surface area contributed by atoms with Crippen LogP contribution in [-0.2, 0) is 9.53 Å². The number of carbonyl (C=O) groups excluding carboxylic acids is 2. The lowest BCUT2D eigenvalue weighted by atomic mass is 9.74. The molecular formula is C16H17N3O4.